The second-order valence-electron chi connectivity index (χ2n) is 9.03. The van der Waals surface area contributed by atoms with E-state index in [-0.39, 0.29) is 24.0 Å². The largest absolute Gasteiger partial charge is 0.507 e. The first-order chi connectivity index (χ1) is 16.8. The predicted octanol–water partition coefficient (Wildman–Crippen LogP) is 5.36. The van der Waals surface area contributed by atoms with Gasteiger partial charge in [-0.15, -0.1) is 0 Å². The number of hydrogen-bond acceptors (Lipinski definition) is 5. The molecule has 1 aliphatic heterocycles. The highest BCUT2D eigenvalue weighted by Gasteiger charge is 2.46. The van der Waals surface area contributed by atoms with Crippen molar-refractivity contribution < 1.29 is 19.4 Å². The van der Waals surface area contributed by atoms with Crippen LogP contribution >= 0.6 is 0 Å². The molecule has 35 heavy (non-hydrogen) atoms. The van der Waals surface area contributed by atoms with Crippen LogP contribution in [0.2, 0.25) is 0 Å². The van der Waals surface area contributed by atoms with Crippen LogP contribution in [0.1, 0.15) is 54.6 Å². The molecule has 0 spiro atoms. The van der Waals surface area contributed by atoms with Gasteiger partial charge in [0.1, 0.15) is 11.5 Å². The Hall–Kier alpha value is -3.93. The standard InChI is InChI=1S/C29H30N2O4/c1-5-20-8-10-22(11-9-20)26-25(27(32)23-12-13-24(19(4)15-23)35-18(2)3)28(33)29(34)31(26)17-21-7-6-14-30-16-21/h6-16,18,26,32H,5,17H2,1-4H3/t26-/m0/s1. The van der Waals surface area contributed by atoms with Crippen molar-refractivity contribution in [3.05, 3.63) is 100 Å². The van der Waals surface area contributed by atoms with E-state index in [0.717, 1.165) is 28.7 Å². The average molecular weight is 471 g/mol. The molecule has 0 unspecified atom stereocenters. The Balaban J connectivity index is 1.82. The number of amides is 1. The van der Waals surface area contributed by atoms with E-state index in [0.29, 0.717) is 11.3 Å². The topological polar surface area (TPSA) is 79.7 Å². The van der Waals surface area contributed by atoms with Crippen LogP contribution in [0.4, 0.5) is 0 Å². The normalized spacial score (nSPS) is 17.3. The Morgan fingerprint density at radius 3 is 2.43 bits per heavy atom. The number of carbonyl (C=O) groups is 2. The second-order valence-corrected chi connectivity index (χ2v) is 9.03. The van der Waals surface area contributed by atoms with Gasteiger partial charge in [0.15, 0.2) is 0 Å². The molecule has 6 nitrogen and oxygen atoms in total. The number of ketones is 1. The number of hydrogen-bond donors (Lipinski definition) is 1. The Bertz CT molecular complexity index is 1260. The average Bonchev–Trinajstić information content (AvgIpc) is 3.10. The number of Topliss-reactive ketones (excluding diaryl/α,β-unsaturated/α-hetero) is 1. The summed E-state index contributed by atoms with van der Waals surface area (Å²) < 4.78 is 5.81. The van der Waals surface area contributed by atoms with Crippen molar-refractivity contribution in [2.45, 2.75) is 52.8 Å². The third-order valence-corrected chi connectivity index (χ3v) is 6.13. The van der Waals surface area contributed by atoms with Gasteiger partial charge in [-0.2, -0.15) is 0 Å². The van der Waals surface area contributed by atoms with Crippen LogP contribution in [0.25, 0.3) is 5.76 Å². The minimum absolute atomic E-state index is 0.0111. The lowest BCUT2D eigenvalue weighted by atomic mass is 9.94. The molecule has 1 aliphatic rings. The number of aryl methyl sites for hydroxylation is 2. The lowest BCUT2D eigenvalue weighted by Crippen LogP contribution is -2.29. The Labute approximate surface area is 205 Å². The van der Waals surface area contributed by atoms with E-state index in [1.165, 1.54) is 4.90 Å². The maximum atomic E-state index is 13.3. The van der Waals surface area contributed by atoms with Gasteiger partial charge in [-0.05, 0) is 73.7 Å². The summed E-state index contributed by atoms with van der Waals surface area (Å²) in [7, 11) is 0. The molecule has 2 aromatic carbocycles. The molecule has 1 fully saturated rings. The zero-order valence-electron chi connectivity index (χ0n) is 20.5. The molecule has 1 saturated heterocycles. The van der Waals surface area contributed by atoms with E-state index >= 15 is 0 Å². The van der Waals surface area contributed by atoms with Crippen LogP contribution < -0.4 is 4.74 Å². The van der Waals surface area contributed by atoms with E-state index in [2.05, 4.69) is 11.9 Å². The number of pyridine rings is 1. The lowest BCUT2D eigenvalue weighted by Gasteiger charge is -2.25. The molecule has 4 rings (SSSR count). The van der Waals surface area contributed by atoms with Crippen molar-refractivity contribution in [2.75, 3.05) is 0 Å². The van der Waals surface area contributed by atoms with Crippen molar-refractivity contribution in [1.82, 2.24) is 9.88 Å². The zero-order valence-corrected chi connectivity index (χ0v) is 20.5. The molecule has 180 valence electrons. The van der Waals surface area contributed by atoms with Crippen molar-refractivity contribution >= 4 is 17.4 Å². The maximum absolute atomic E-state index is 13.3. The molecule has 0 aliphatic carbocycles. The first-order valence-electron chi connectivity index (χ1n) is 11.8. The SMILES string of the molecule is CCc1ccc([C@H]2C(=C(O)c3ccc(OC(C)C)c(C)c3)C(=O)C(=O)N2Cc2cccnc2)cc1. The summed E-state index contributed by atoms with van der Waals surface area (Å²) in [6.07, 6.45) is 4.22. The molecular formula is C29H30N2O4. The second kappa shape index (κ2) is 10.1. The number of ether oxygens (including phenoxy) is 1. The molecule has 0 bridgehead atoms. The van der Waals surface area contributed by atoms with E-state index in [4.69, 9.17) is 4.74 Å². The molecule has 1 atom stereocenters. The van der Waals surface area contributed by atoms with Crippen LogP contribution in [0.5, 0.6) is 5.75 Å². The Kier molecular flexibility index (Phi) is 7.01. The maximum Gasteiger partial charge on any atom is 0.295 e. The van der Waals surface area contributed by atoms with Gasteiger partial charge in [0.05, 0.1) is 17.7 Å². The van der Waals surface area contributed by atoms with E-state index in [9.17, 15) is 14.7 Å². The first-order valence-corrected chi connectivity index (χ1v) is 11.8. The molecule has 2 heterocycles. The van der Waals surface area contributed by atoms with E-state index in [1.54, 1.807) is 36.7 Å². The monoisotopic (exact) mass is 470 g/mol. The number of carbonyl (C=O) groups excluding carboxylic acids is 2. The summed E-state index contributed by atoms with van der Waals surface area (Å²) in [6, 6.07) is 16.0. The van der Waals surface area contributed by atoms with Crippen molar-refractivity contribution in [3.63, 3.8) is 0 Å². The minimum atomic E-state index is -0.715. The van der Waals surface area contributed by atoms with Gasteiger partial charge in [-0.25, -0.2) is 0 Å². The third-order valence-electron chi connectivity index (χ3n) is 6.13. The number of benzene rings is 2. The fraction of sp³-hybridized carbons (Fsp3) is 0.276. The van der Waals surface area contributed by atoms with Crippen molar-refractivity contribution in [1.29, 1.82) is 0 Å². The number of aromatic nitrogens is 1. The third kappa shape index (κ3) is 4.97. The van der Waals surface area contributed by atoms with Crippen LogP contribution in [-0.2, 0) is 22.6 Å². The van der Waals surface area contributed by atoms with E-state index in [1.807, 2.05) is 51.1 Å². The molecule has 0 saturated carbocycles. The number of likely N-dealkylation sites (tertiary alicyclic amines) is 1. The van der Waals surface area contributed by atoms with E-state index < -0.39 is 17.7 Å². The number of rotatable bonds is 7. The summed E-state index contributed by atoms with van der Waals surface area (Å²) in [4.78, 5) is 32.1. The zero-order chi connectivity index (χ0) is 25.1. The highest BCUT2D eigenvalue weighted by atomic mass is 16.5. The highest BCUT2D eigenvalue weighted by Crippen LogP contribution is 2.40. The van der Waals surface area contributed by atoms with Crippen LogP contribution in [0.3, 0.4) is 0 Å². The summed E-state index contributed by atoms with van der Waals surface area (Å²) in [5.74, 6) is -0.825. The smallest absolute Gasteiger partial charge is 0.295 e. The molecule has 1 N–H and O–H groups in total. The molecule has 0 radical (unpaired) electrons. The molecule has 1 aromatic heterocycles. The number of aliphatic hydroxyl groups is 1. The lowest BCUT2D eigenvalue weighted by molar-refractivity contribution is -0.140. The van der Waals surface area contributed by atoms with Gasteiger partial charge in [0.25, 0.3) is 11.7 Å². The summed E-state index contributed by atoms with van der Waals surface area (Å²) in [5.41, 5.74) is 4.10. The van der Waals surface area contributed by atoms with Gasteiger partial charge in [0, 0.05) is 24.5 Å². The Morgan fingerprint density at radius 2 is 1.83 bits per heavy atom. The molecule has 3 aromatic rings. The minimum Gasteiger partial charge on any atom is -0.507 e. The summed E-state index contributed by atoms with van der Waals surface area (Å²) >= 11 is 0. The first kappa shape index (κ1) is 24.2. The summed E-state index contributed by atoms with van der Waals surface area (Å²) in [5, 5.41) is 11.3. The fourth-order valence-corrected chi connectivity index (χ4v) is 4.35. The van der Waals surface area contributed by atoms with Crippen LogP contribution in [0, 0.1) is 6.92 Å². The van der Waals surface area contributed by atoms with Crippen molar-refractivity contribution in [3.8, 4) is 5.75 Å². The molecular weight excluding hydrogens is 440 g/mol. The predicted molar refractivity (Wildman–Crippen MR) is 135 cm³/mol. The summed E-state index contributed by atoms with van der Waals surface area (Å²) in [6.45, 7) is 8.05. The Morgan fingerprint density at radius 1 is 1.09 bits per heavy atom. The van der Waals surface area contributed by atoms with Crippen molar-refractivity contribution in [2.24, 2.45) is 0 Å². The quantitative estimate of drug-likeness (QED) is 0.286. The molecule has 1 amide bonds. The van der Waals surface area contributed by atoms with Gasteiger partial charge < -0.3 is 14.7 Å². The van der Waals surface area contributed by atoms with Gasteiger partial charge >= 0.3 is 0 Å². The number of nitrogens with zero attached hydrogens (tertiary/aromatic N) is 2. The molecule has 6 heteroatoms. The highest BCUT2D eigenvalue weighted by molar-refractivity contribution is 6.46. The van der Waals surface area contributed by atoms with Crippen LogP contribution in [-0.4, -0.2) is 32.8 Å². The van der Waals surface area contributed by atoms with Crippen LogP contribution in [0.15, 0.2) is 72.6 Å². The van der Waals surface area contributed by atoms with Gasteiger partial charge in [0.2, 0.25) is 0 Å². The fourth-order valence-electron chi connectivity index (χ4n) is 4.35. The number of aliphatic hydroxyl groups excluding tert-OH is 1. The van der Waals surface area contributed by atoms with Gasteiger partial charge in [-0.3, -0.25) is 14.6 Å². The van der Waals surface area contributed by atoms with Gasteiger partial charge in [-0.1, -0.05) is 37.3 Å².